The fourth-order valence-corrected chi connectivity index (χ4v) is 25.6. The Bertz CT molecular complexity index is 8310. The van der Waals surface area contributed by atoms with Crippen LogP contribution in [0.2, 0.25) is 0 Å². The summed E-state index contributed by atoms with van der Waals surface area (Å²) in [5, 5.41) is 12.4. The van der Waals surface area contributed by atoms with Gasteiger partial charge in [-0.1, -0.05) is 312 Å². The number of rotatable bonds is 13. The van der Waals surface area contributed by atoms with E-state index in [2.05, 4.69) is 433 Å². The van der Waals surface area contributed by atoms with Gasteiger partial charge in [-0.2, -0.15) is 0 Å². The third-order valence-corrected chi connectivity index (χ3v) is 32.1. The van der Waals surface area contributed by atoms with Crippen molar-refractivity contribution in [2.24, 2.45) is 0 Å². The molecule has 4 aliphatic rings. The standard InChI is InChI=1S/C124H95NS2/c1-13-28-105-85(15-3)89-52-42-76(68-109(89)121(105,5)6)74-48-58-115-101(60-74)104-67-83(79-45-55-92-88-33-25-27-39-108(88)124(11,12)112(92)71-79)65-98(120(104)126-115)81-47-57-114-100(63-81)99-62-80(46-56-113(99)125(114)84-50-40-73(41-51-84)118-95-36-22-20-34-93(95)117(72-30-18-17-19-31-72)94-35-21-23-37-96(94)118)97-64-82(78-44-53-90-86(16-4)106(29-14-2)122(7,8)110(90)70-78)66-103-102-61-75(49-59-116(102)127-119(97)103)77-43-54-91-87-32-24-26-38-107(87)123(9,10)111(91)69-77/h13-15,17-71H,3,16H2,1-2,4-12H3. The molecule has 0 saturated heterocycles. The predicted molar refractivity (Wildman–Crippen MR) is 550 cm³/mol. The zero-order valence-corrected chi connectivity index (χ0v) is 75.3. The van der Waals surface area contributed by atoms with Crippen molar-refractivity contribution in [1.82, 2.24) is 4.57 Å². The molecular weight excluding hydrogens is 1570 g/mol. The van der Waals surface area contributed by atoms with Gasteiger partial charge in [0.15, 0.2) is 0 Å². The Hall–Kier alpha value is -13.8. The summed E-state index contributed by atoms with van der Waals surface area (Å²) in [6.45, 7) is 30.1. The number of hydrogen-bond donors (Lipinski definition) is 0. The van der Waals surface area contributed by atoms with Crippen molar-refractivity contribution in [1.29, 1.82) is 0 Å². The largest absolute Gasteiger partial charge is 0.309 e. The van der Waals surface area contributed by atoms with E-state index in [1.54, 1.807) is 0 Å². The molecule has 17 aromatic carbocycles. The van der Waals surface area contributed by atoms with Gasteiger partial charge in [-0.25, -0.2) is 0 Å². The molecule has 3 aromatic heterocycles. The molecule has 608 valence electrons. The smallest absolute Gasteiger partial charge is 0.0541 e. The SMILES string of the molecule is C=CC1=C(C=CC)C(C)(C)c2cc(-c3ccc4sc5c(-c6ccc7c(c6)c6cc(-c8cc(-c9ccc%10c(c9)C(C)(C)C(C=CC)=C%10CC)cc9c8sc8ccc(-c%10ccc%11c(c%10)C(C)(C)c%10ccccc%10-%11)cc89)ccc6n7-c6ccc(-c7c8ccccc8c(-c8ccccc8)c8ccccc78)cc6)cc(-c6ccc7c(c6)C(C)(C)c6ccccc6-7)cc5c4c3)ccc21. The molecule has 0 spiro atoms. The van der Waals surface area contributed by atoms with E-state index < -0.39 is 0 Å². The normalized spacial score (nSPS) is 15.1. The van der Waals surface area contributed by atoms with Crippen molar-refractivity contribution in [2.75, 3.05) is 0 Å². The Morgan fingerprint density at radius 2 is 0.630 bits per heavy atom. The first-order chi connectivity index (χ1) is 61.8. The second-order valence-electron chi connectivity index (χ2n) is 37.9. The van der Waals surface area contributed by atoms with E-state index in [1.165, 1.54) is 251 Å². The maximum absolute atomic E-state index is 4.33. The lowest BCUT2D eigenvalue weighted by Crippen LogP contribution is -2.16. The predicted octanol–water partition coefficient (Wildman–Crippen LogP) is 35.6. The summed E-state index contributed by atoms with van der Waals surface area (Å²) in [6, 6.07) is 125. The molecule has 3 heterocycles. The summed E-state index contributed by atoms with van der Waals surface area (Å²) in [6.07, 6.45) is 12.1. The lowest BCUT2D eigenvalue weighted by Gasteiger charge is -2.23. The number of fused-ring (bicyclic) bond motifs is 19. The van der Waals surface area contributed by atoms with E-state index in [0.29, 0.717) is 0 Å². The molecule has 0 fully saturated rings. The number of hydrogen-bond acceptors (Lipinski definition) is 2. The van der Waals surface area contributed by atoms with Gasteiger partial charge >= 0.3 is 0 Å². The molecule has 0 N–H and O–H groups in total. The Morgan fingerprint density at radius 3 is 1.10 bits per heavy atom. The molecule has 20 aromatic rings. The Morgan fingerprint density at radius 1 is 0.276 bits per heavy atom. The van der Waals surface area contributed by atoms with Crippen LogP contribution in [0.4, 0.5) is 0 Å². The summed E-state index contributed by atoms with van der Waals surface area (Å²) >= 11 is 3.85. The molecule has 0 saturated carbocycles. The van der Waals surface area contributed by atoms with Gasteiger partial charge < -0.3 is 4.57 Å². The van der Waals surface area contributed by atoms with Crippen molar-refractivity contribution in [2.45, 2.75) is 104 Å². The first-order valence-corrected chi connectivity index (χ1v) is 46.8. The minimum Gasteiger partial charge on any atom is -0.309 e. The molecule has 0 amide bonds. The molecule has 3 heteroatoms. The minimum atomic E-state index is -0.189. The van der Waals surface area contributed by atoms with Gasteiger partial charge in [-0.3, -0.25) is 0 Å². The first kappa shape index (κ1) is 76.8. The average Bonchev–Trinajstić information content (AvgIpc) is 1.70. The summed E-state index contributed by atoms with van der Waals surface area (Å²) in [5.74, 6) is 0. The highest BCUT2D eigenvalue weighted by Crippen LogP contribution is 2.57. The van der Waals surface area contributed by atoms with Crippen molar-refractivity contribution in [3.63, 3.8) is 0 Å². The van der Waals surface area contributed by atoms with E-state index >= 15 is 0 Å². The summed E-state index contributed by atoms with van der Waals surface area (Å²) < 4.78 is 7.65. The summed E-state index contributed by atoms with van der Waals surface area (Å²) in [7, 11) is 0. The van der Waals surface area contributed by atoms with Crippen LogP contribution in [0.5, 0.6) is 0 Å². The summed E-state index contributed by atoms with van der Waals surface area (Å²) in [4.78, 5) is 0. The lowest BCUT2D eigenvalue weighted by molar-refractivity contribution is 0.653. The minimum absolute atomic E-state index is 0.122. The fourth-order valence-electron chi connectivity index (χ4n) is 23.2. The third-order valence-electron chi connectivity index (χ3n) is 29.6. The molecule has 0 atom stereocenters. The third kappa shape index (κ3) is 11.4. The van der Waals surface area contributed by atoms with Crippen LogP contribution in [0.1, 0.15) is 127 Å². The molecule has 0 bridgehead atoms. The van der Waals surface area contributed by atoms with Crippen LogP contribution in [0, 0.1) is 0 Å². The van der Waals surface area contributed by atoms with Gasteiger partial charge in [0.25, 0.3) is 0 Å². The monoisotopic (exact) mass is 1660 g/mol. The lowest BCUT2D eigenvalue weighted by atomic mass is 9.80. The number of allylic oxidation sites excluding steroid dienone is 9. The van der Waals surface area contributed by atoms with Gasteiger partial charge in [-0.05, 0) is 318 Å². The van der Waals surface area contributed by atoms with Gasteiger partial charge in [0.05, 0.1) is 11.0 Å². The van der Waals surface area contributed by atoms with Crippen molar-refractivity contribution in [3.05, 3.63) is 414 Å². The zero-order valence-electron chi connectivity index (χ0n) is 73.7. The van der Waals surface area contributed by atoms with Crippen molar-refractivity contribution >= 4 is 118 Å². The van der Waals surface area contributed by atoms with Crippen molar-refractivity contribution < 1.29 is 0 Å². The maximum Gasteiger partial charge on any atom is 0.0541 e. The van der Waals surface area contributed by atoms with E-state index in [9.17, 15) is 0 Å². The molecule has 0 unspecified atom stereocenters. The highest BCUT2D eigenvalue weighted by molar-refractivity contribution is 7.26. The topological polar surface area (TPSA) is 4.93 Å². The van der Waals surface area contributed by atoms with E-state index in [4.69, 9.17) is 0 Å². The second kappa shape index (κ2) is 28.4. The quantitative estimate of drug-likeness (QED) is 0.101. The van der Waals surface area contributed by atoms with Crippen LogP contribution in [0.25, 0.3) is 212 Å². The number of thiophene rings is 2. The van der Waals surface area contributed by atoms with Gasteiger partial charge in [0.2, 0.25) is 0 Å². The second-order valence-corrected chi connectivity index (χ2v) is 40.0. The van der Waals surface area contributed by atoms with Crippen LogP contribution in [-0.2, 0) is 21.7 Å². The summed E-state index contributed by atoms with van der Waals surface area (Å²) in [5.41, 5.74) is 43.8. The van der Waals surface area contributed by atoms with Crippen LogP contribution in [-0.4, -0.2) is 4.57 Å². The Balaban J connectivity index is 0.728. The molecule has 0 aliphatic heterocycles. The van der Waals surface area contributed by atoms with Gasteiger partial charge in [-0.15, -0.1) is 22.7 Å². The van der Waals surface area contributed by atoms with Crippen LogP contribution in [0.3, 0.4) is 0 Å². The molecule has 4 aliphatic carbocycles. The Labute approximate surface area is 751 Å². The van der Waals surface area contributed by atoms with E-state index in [0.717, 1.165) is 23.1 Å². The molecule has 0 radical (unpaired) electrons. The molecular formula is C124H95NS2. The molecule has 127 heavy (non-hydrogen) atoms. The maximum atomic E-state index is 4.33. The van der Waals surface area contributed by atoms with E-state index in [-0.39, 0.29) is 21.7 Å². The van der Waals surface area contributed by atoms with Crippen LogP contribution >= 0.6 is 22.7 Å². The van der Waals surface area contributed by atoms with E-state index in [1.807, 2.05) is 28.7 Å². The van der Waals surface area contributed by atoms with Crippen LogP contribution < -0.4 is 0 Å². The average molecular weight is 1660 g/mol. The van der Waals surface area contributed by atoms with Gasteiger partial charge in [0, 0.05) is 89.6 Å². The molecule has 1 nitrogen and oxygen atoms in total. The zero-order chi connectivity index (χ0) is 86.0. The highest BCUT2D eigenvalue weighted by atomic mass is 32.1. The number of nitrogens with zero attached hydrogens (tertiary/aromatic N) is 1. The first-order valence-electron chi connectivity index (χ1n) is 45.1. The van der Waals surface area contributed by atoms with Gasteiger partial charge in [0.1, 0.15) is 0 Å². The molecule has 24 rings (SSSR count). The number of benzene rings is 17. The van der Waals surface area contributed by atoms with Crippen LogP contribution in [0.15, 0.2) is 370 Å². The fraction of sp³-hybridized carbons (Fsp3) is 0.129. The Kier molecular flexibility index (Phi) is 17.2. The highest BCUT2D eigenvalue weighted by Gasteiger charge is 2.40. The number of aromatic nitrogens is 1. The van der Waals surface area contributed by atoms with Crippen molar-refractivity contribution in [3.8, 4) is 117 Å².